The number of aromatic nitrogens is 2. The average molecular weight is 541 g/mol. The zero-order valence-corrected chi connectivity index (χ0v) is 23.2. The molecule has 39 heavy (non-hydrogen) atoms. The lowest BCUT2D eigenvalue weighted by Crippen LogP contribution is -2.59. The van der Waals surface area contributed by atoms with E-state index in [0.29, 0.717) is 43.3 Å². The second kappa shape index (κ2) is 11.1. The molecule has 5 rings (SSSR count). The molecule has 0 radical (unpaired) electrons. The Labute approximate surface area is 228 Å². The van der Waals surface area contributed by atoms with Crippen molar-refractivity contribution in [3.63, 3.8) is 0 Å². The maximum Gasteiger partial charge on any atom is 0.410 e. The number of hydrogen-bond donors (Lipinski definition) is 0. The number of rotatable bonds is 7. The molecule has 4 atom stereocenters. The summed E-state index contributed by atoms with van der Waals surface area (Å²) in [4.78, 5) is 25.5. The number of amides is 1. The predicted octanol–water partition coefficient (Wildman–Crippen LogP) is 4.85. The SMILES string of the molecule is COCOc1cc(C2=CCOC2)ccc1-c1cnc(N(C)[C@@H]2C[C@H]3CC[C@@H]([C@@H]2F)N3C(=O)OC(C)(C)C)cn1. The van der Waals surface area contributed by atoms with Gasteiger partial charge in [0.2, 0.25) is 0 Å². The molecule has 9 nitrogen and oxygen atoms in total. The molecule has 0 unspecified atom stereocenters. The van der Waals surface area contributed by atoms with Crippen molar-refractivity contribution >= 4 is 17.5 Å². The summed E-state index contributed by atoms with van der Waals surface area (Å²) in [6, 6.07) is 4.95. The maximum atomic E-state index is 15.8. The van der Waals surface area contributed by atoms with E-state index >= 15 is 4.39 Å². The van der Waals surface area contributed by atoms with E-state index in [1.165, 1.54) is 0 Å². The number of piperidine rings is 1. The number of carbonyl (C=O) groups is 1. The van der Waals surface area contributed by atoms with E-state index in [4.69, 9.17) is 18.9 Å². The molecular formula is C29H37FN4O5. The van der Waals surface area contributed by atoms with Crippen LogP contribution in [-0.2, 0) is 14.2 Å². The lowest BCUT2D eigenvalue weighted by Gasteiger charge is -2.44. The van der Waals surface area contributed by atoms with Gasteiger partial charge in [0.25, 0.3) is 0 Å². The van der Waals surface area contributed by atoms with E-state index < -0.39 is 29.9 Å². The second-order valence-electron chi connectivity index (χ2n) is 11.3. The summed E-state index contributed by atoms with van der Waals surface area (Å²) in [6.07, 6.45) is 5.64. The first-order valence-electron chi connectivity index (χ1n) is 13.4. The van der Waals surface area contributed by atoms with Crippen LogP contribution in [0.3, 0.4) is 0 Å². The quantitative estimate of drug-likeness (QED) is 0.461. The Hall–Kier alpha value is -3.24. The molecule has 1 amide bonds. The van der Waals surface area contributed by atoms with Crippen LogP contribution in [0, 0.1) is 0 Å². The summed E-state index contributed by atoms with van der Waals surface area (Å²) < 4.78 is 37.8. The molecule has 1 aromatic heterocycles. The van der Waals surface area contributed by atoms with Crippen molar-refractivity contribution in [1.82, 2.24) is 14.9 Å². The number of anilines is 1. The first-order chi connectivity index (χ1) is 18.7. The fourth-order valence-corrected chi connectivity index (χ4v) is 5.67. The molecule has 3 aliphatic heterocycles. The van der Waals surface area contributed by atoms with Crippen LogP contribution >= 0.6 is 0 Å². The summed E-state index contributed by atoms with van der Waals surface area (Å²) in [6.45, 7) is 6.75. The lowest BCUT2D eigenvalue weighted by atomic mass is 9.94. The van der Waals surface area contributed by atoms with E-state index in [1.807, 2.05) is 50.9 Å². The molecule has 2 saturated heterocycles. The minimum Gasteiger partial charge on any atom is -0.467 e. The number of hydrogen-bond acceptors (Lipinski definition) is 8. The topological polar surface area (TPSA) is 86.2 Å². The highest BCUT2D eigenvalue weighted by Gasteiger charge is 2.52. The molecule has 2 bridgehead atoms. The van der Waals surface area contributed by atoms with Gasteiger partial charge in [0.1, 0.15) is 23.3 Å². The largest absolute Gasteiger partial charge is 0.467 e. The smallest absolute Gasteiger partial charge is 0.410 e. The third-order valence-corrected chi connectivity index (χ3v) is 7.56. The summed E-state index contributed by atoms with van der Waals surface area (Å²) in [5, 5.41) is 0. The molecule has 210 valence electrons. The Morgan fingerprint density at radius 2 is 2.05 bits per heavy atom. The van der Waals surface area contributed by atoms with Crippen molar-refractivity contribution in [2.45, 2.75) is 69.9 Å². The molecule has 4 heterocycles. The van der Waals surface area contributed by atoms with Crippen LogP contribution in [0.25, 0.3) is 16.8 Å². The van der Waals surface area contributed by atoms with Crippen molar-refractivity contribution in [1.29, 1.82) is 0 Å². The molecule has 0 spiro atoms. The van der Waals surface area contributed by atoms with E-state index in [9.17, 15) is 4.79 Å². The van der Waals surface area contributed by atoms with Gasteiger partial charge in [0.15, 0.2) is 6.79 Å². The third kappa shape index (κ3) is 5.72. The molecular weight excluding hydrogens is 503 g/mol. The molecule has 0 saturated carbocycles. The fraction of sp³-hybridized carbons (Fsp3) is 0.552. The Balaban J connectivity index is 1.32. The standard InChI is InChI=1S/C29H37FN4O5/c1-29(2,3)39-28(35)34-20-7-9-23(34)27(30)24(13-20)33(4)26-15-31-22(14-32-26)21-8-6-18(19-10-11-37-16-19)12-25(21)38-17-36-5/h6,8,10,12,14-15,20,23-24,27H,7,9,11,13,16-17H2,1-5H3/t20-,23+,24-,27+/m1/s1. The fourth-order valence-electron chi connectivity index (χ4n) is 5.67. The maximum absolute atomic E-state index is 15.8. The highest BCUT2D eigenvalue weighted by Crippen LogP contribution is 2.41. The molecule has 3 aliphatic rings. The summed E-state index contributed by atoms with van der Waals surface area (Å²) in [5.41, 5.74) is 2.93. The number of ether oxygens (including phenoxy) is 4. The van der Waals surface area contributed by atoms with E-state index in [1.54, 1.807) is 24.4 Å². The number of methoxy groups -OCH3 is 1. The van der Waals surface area contributed by atoms with Crippen LogP contribution in [0.2, 0.25) is 0 Å². The first kappa shape index (κ1) is 27.3. The number of fused-ring (bicyclic) bond motifs is 2. The molecule has 2 aromatic rings. The van der Waals surface area contributed by atoms with Crippen LogP contribution in [0.1, 0.15) is 45.6 Å². The number of carbonyl (C=O) groups excluding carboxylic acids is 1. The van der Waals surface area contributed by atoms with Gasteiger partial charge in [-0.3, -0.25) is 9.88 Å². The van der Waals surface area contributed by atoms with Crippen LogP contribution in [-0.4, -0.2) is 85.0 Å². The molecule has 1 aromatic carbocycles. The van der Waals surface area contributed by atoms with Crippen LogP contribution < -0.4 is 9.64 Å². The second-order valence-corrected chi connectivity index (χ2v) is 11.3. The van der Waals surface area contributed by atoms with Crippen molar-refractivity contribution in [3.05, 3.63) is 42.2 Å². The van der Waals surface area contributed by atoms with Crippen molar-refractivity contribution in [3.8, 4) is 17.0 Å². The first-order valence-corrected chi connectivity index (χ1v) is 13.4. The van der Waals surface area contributed by atoms with E-state index in [2.05, 4.69) is 16.0 Å². The summed E-state index contributed by atoms with van der Waals surface area (Å²) >= 11 is 0. The van der Waals surface area contributed by atoms with Crippen molar-refractivity contribution < 1.29 is 28.1 Å². The Morgan fingerprint density at radius 3 is 2.72 bits per heavy atom. The van der Waals surface area contributed by atoms with E-state index in [-0.39, 0.29) is 12.8 Å². The Kier molecular flexibility index (Phi) is 7.77. The molecule has 0 aliphatic carbocycles. The number of alkyl halides is 1. The van der Waals surface area contributed by atoms with Crippen LogP contribution in [0.15, 0.2) is 36.7 Å². The van der Waals surface area contributed by atoms with Gasteiger partial charge >= 0.3 is 6.09 Å². The Morgan fingerprint density at radius 1 is 1.23 bits per heavy atom. The monoisotopic (exact) mass is 540 g/mol. The highest BCUT2D eigenvalue weighted by atomic mass is 19.1. The van der Waals surface area contributed by atoms with Gasteiger partial charge in [0.05, 0.1) is 43.4 Å². The van der Waals surface area contributed by atoms with Gasteiger partial charge < -0.3 is 23.8 Å². The van der Waals surface area contributed by atoms with Gasteiger partial charge in [-0.15, -0.1) is 0 Å². The highest BCUT2D eigenvalue weighted by molar-refractivity contribution is 5.75. The van der Waals surface area contributed by atoms with Gasteiger partial charge in [0, 0.05) is 25.8 Å². The predicted molar refractivity (Wildman–Crippen MR) is 145 cm³/mol. The molecule has 2 fully saturated rings. The zero-order valence-electron chi connectivity index (χ0n) is 23.2. The number of halogens is 1. The normalized spacial score (nSPS) is 24.5. The van der Waals surface area contributed by atoms with E-state index in [0.717, 1.165) is 23.1 Å². The summed E-state index contributed by atoms with van der Waals surface area (Å²) in [7, 11) is 3.41. The summed E-state index contributed by atoms with van der Waals surface area (Å²) in [5.74, 6) is 1.20. The van der Waals surface area contributed by atoms with Crippen LogP contribution in [0.4, 0.5) is 15.0 Å². The third-order valence-electron chi connectivity index (χ3n) is 7.56. The number of nitrogens with zero attached hydrogens (tertiary/aromatic N) is 4. The average Bonchev–Trinajstić information content (AvgIpc) is 3.56. The minimum atomic E-state index is -1.22. The van der Waals surface area contributed by atoms with Gasteiger partial charge in [-0.1, -0.05) is 12.1 Å². The lowest BCUT2D eigenvalue weighted by molar-refractivity contribution is -0.0104. The Bertz CT molecular complexity index is 1220. The molecule has 0 N–H and O–H groups in total. The van der Waals surface area contributed by atoms with Crippen molar-refractivity contribution in [2.75, 3.05) is 39.1 Å². The minimum absolute atomic E-state index is 0.0593. The number of benzene rings is 1. The van der Waals surface area contributed by atoms with Gasteiger partial charge in [-0.25, -0.2) is 14.2 Å². The molecule has 10 heteroatoms. The van der Waals surface area contributed by atoms with Gasteiger partial charge in [-0.05, 0) is 63.3 Å². The zero-order chi connectivity index (χ0) is 27.7. The van der Waals surface area contributed by atoms with Crippen LogP contribution in [0.5, 0.6) is 5.75 Å². The van der Waals surface area contributed by atoms with Crippen molar-refractivity contribution in [2.24, 2.45) is 0 Å². The van der Waals surface area contributed by atoms with Gasteiger partial charge in [-0.2, -0.15) is 0 Å².